The first kappa shape index (κ1) is 23.0. The van der Waals surface area contributed by atoms with Crippen LogP contribution in [-0.2, 0) is 27.7 Å². The van der Waals surface area contributed by atoms with E-state index in [4.69, 9.17) is 0 Å². The number of benzene rings is 2. The van der Waals surface area contributed by atoms with Gasteiger partial charge < -0.3 is 4.90 Å². The number of fused-ring (bicyclic) bond motifs is 1. The Labute approximate surface area is 191 Å². The van der Waals surface area contributed by atoms with E-state index in [-0.39, 0.29) is 11.9 Å². The number of rotatable bonds is 6. The molecule has 1 aliphatic carbocycles. The largest absolute Gasteiger partial charge is 0.309 e. The van der Waals surface area contributed by atoms with Crippen molar-refractivity contribution in [3.05, 3.63) is 59.7 Å². The highest BCUT2D eigenvalue weighted by molar-refractivity contribution is 7.89. The van der Waals surface area contributed by atoms with Crippen LogP contribution in [0, 0.1) is 0 Å². The van der Waals surface area contributed by atoms with Crippen LogP contribution in [0.15, 0.2) is 53.4 Å². The highest BCUT2D eigenvalue weighted by atomic mass is 32.2. The maximum absolute atomic E-state index is 13.2. The van der Waals surface area contributed by atoms with Crippen LogP contribution in [0.25, 0.3) is 0 Å². The van der Waals surface area contributed by atoms with Crippen LogP contribution in [0.3, 0.4) is 0 Å². The summed E-state index contributed by atoms with van der Waals surface area (Å²) in [4.78, 5) is 17.3. The molecule has 0 unspecified atom stereocenters. The molecule has 32 heavy (non-hydrogen) atoms. The van der Waals surface area contributed by atoms with Crippen LogP contribution in [0.2, 0.25) is 0 Å². The van der Waals surface area contributed by atoms with Gasteiger partial charge >= 0.3 is 0 Å². The quantitative estimate of drug-likeness (QED) is 0.671. The first-order chi connectivity index (χ1) is 15.4. The number of piperazine rings is 1. The molecule has 0 atom stereocenters. The van der Waals surface area contributed by atoms with E-state index in [2.05, 4.69) is 4.90 Å². The maximum atomic E-state index is 13.2. The van der Waals surface area contributed by atoms with E-state index < -0.39 is 10.0 Å². The number of hydrogen-bond donors (Lipinski definition) is 0. The van der Waals surface area contributed by atoms with Gasteiger partial charge in [0.1, 0.15) is 0 Å². The van der Waals surface area contributed by atoms with Crippen molar-refractivity contribution in [2.24, 2.45) is 0 Å². The minimum Gasteiger partial charge on any atom is -0.309 e. The minimum absolute atomic E-state index is 0.0391. The molecule has 2 aliphatic rings. The summed E-state index contributed by atoms with van der Waals surface area (Å²) in [6.45, 7) is 6.22. The van der Waals surface area contributed by atoms with Crippen molar-refractivity contribution in [2.45, 2.75) is 50.5 Å². The molecular formula is C25H33N3O3S. The number of sulfonamides is 1. The van der Waals surface area contributed by atoms with Crippen molar-refractivity contribution in [1.82, 2.24) is 9.21 Å². The normalized spacial score (nSPS) is 17.8. The van der Waals surface area contributed by atoms with Gasteiger partial charge in [0.15, 0.2) is 0 Å². The van der Waals surface area contributed by atoms with E-state index in [1.807, 2.05) is 61.2 Å². The molecule has 0 radical (unpaired) electrons. The number of aryl methyl sites for hydroxylation is 2. The van der Waals surface area contributed by atoms with Gasteiger partial charge in [0.25, 0.3) is 0 Å². The first-order valence-corrected chi connectivity index (χ1v) is 13.0. The zero-order valence-corrected chi connectivity index (χ0v) is 19.9. The number of carbonyl (C=O) groups is 1. The zero-order chi connectivity index (χ0) is 22.7. The molecule has 1 aliphatic heterocycles. The molecule has 172 valence electrons. The summed E-state index contributed by atoms with van der Waals surface area (Å²) in [6, 6.07) is 15.4. The molecule has 1 fully saturated rings. The van der Waals surface area contributed by atoms with Crippen LogP contribution < -0.4 is 4.90 Å². The predicted molar refractivity (Wildman–Crippen MR) is 127 cm³/mol. The summed E-state index contributed by atoms with van der Waals surface area (Å²) < 4.78 is 28.0. The van der Waals surface area contributed by atoms with Gasteiger partial charge in [-0.2, -0.15) is 4.31 Å². The van der Waals surface area contributed by atoms with Crippen LogP contribution in [0.4, 0.5) is 5.69 Å². The molecule has 1 amide bonds. The van der Waals surface area contributed by atoms with Crippen LogP contribution >= 0.6 is 0 Å². The van der Waals surface area contributed by atoms with Crippen LogP contribution in [-0.4, -0.2) is 62.3 Å². The van der Waals surface area contributed by atoms with Gasteiger partial charge in [-0.3, -0.25) is 9.69 Å². The van der Waals surface area contributed by atoms with E-state index in [1.165, 1.54) is 17.5 Å². The molecule has 0 aromatic heterocycles. The zero-order valence-electron chi connectivity index (χ0n) is 19.0. The van der Waals surface area contributed by atoms with Gasteiger partial charge in [0.05, 0.1) is 11.4 Å². The summed E-state index contributed by atoms with van der Waals surface area (Å²) in [6.07, 6.45) is 4.30. The monoisotopic (exact) mass is 455 g/mol. The van der Waals surface area contributed by atoms with Crippen molar-refractivity contribution >= 4 is 21.6 Å². The van der Waals surface area contributed by atoms with E-state index >= 15 is 0 Å². The summed E-state index contributed by atoms with van der Waals surface area (Å²) in [5.74, 6) is 0.0391. The molecule has 1 saturated heterocycles. The van der Waals surface area contributed by atoms with Gasteiger partial charge in [-0.1, -0.05) is 24.3 Å². The summed E-state index contributed by atoms with van der Waals surface area (Å²) >= 11 is 0. The molecule has 0 bridgehead atoms. The second kappa shape index (κ2) is 9.73. The Morgan fingerprint density at radius 3 is 2.25 bits per heavy atom. The number of para-hydroxylation sites is 1. The Kier molecular flexibility index (Phi) is 6.98. The summed E-state index contributed by atoms with van der Waals surface area (Å²) in [7, 11) is -3.51. The summed E-state index contributed by atoms with van der Waals surface area (Å²) in [5, 5.41) is 0. The SMILES string of the molecule is CC(C)N(C(=O)CN1CCN(S(=O)(=O)c2ccc3c(c2)CCCC3)CC1)c1ccccc1. The average molecular weight is 456 g/mol. The molecule has 7 heteroatoms. The number of carbonyl (C=O) groups excluding carboxylic acids is 1. The van der Waals surface area contributed by atoms with Gasteiger partial charge in [0, 0.05) is 37.9 Å². The molecule has 4 rings (SSSR count). The number of nitrogens with zero attached hydrogens (tertiary/aromatic N) is 3. The topological polar surface area (TPSA) is 60.9 Å². The Morgan fingerprint density at radius 1 is 0.938 bits per heavy atom. The molecule has 2 aromatic rings. The van der Waals surface area contributed by atoms with Crippen molar-refractivity contribution in [3.8, 4) is 0 Å². The number of anilines is 1. The van der Waals surface area contributed by atoms with Gasteiger partial charge in [-0.15, -0.1) is 0 Å². The highest BCUT2D eigenvalue weighted by Gasteiger charge is 2.31. The van der Waals surface area contributed by atoms with Crippen molar-refractivity contribution in [1.29, 1.82) is 0 Å². The van der Waals surface area contributed by atoms with Crippen LogP contribution in [0.5, 0.6) is 0 Å². The molecular weight excluding hydrogens is 422 g/mol. The average Bonchev–Trinajstić information content (AvgIpc) is 2.79. The van der Waals surface area contributed by atoms with E-state index in [0.29, 0.717) is 37.6 Å². The second-order valence-corrected chi connectivity index (χ2v) is 10.9. The van der Waals surface area contributed by atoms with Crippen LogP contribution in [0.1, 0.15) is 37.8 Å². The number of hydrogen-bond acceptors (Lipinski definition) is 4. The molecule has 0 spiro atoms. The Hall–Kier alpha value is -2.22. The van der Waals surface area contributed by atoms with Crippen molar-refractivity contribution in [3.63, 3.8) is 0 Å². The lowest BCUT2D eigenvalue weighted by atomic mass is 9.92. The fraction of sp³-hybridized carbons (Fsp3) is 0.480. The van der Waals surface area contributed by atoms with E-state index in [9.17, 15) is 13.2 Å². The Morgan fingerprint density at radius 2 is 1.59 bits per heavy atom. The lowest BCUT2D eigenvalue weighted by molar-refractivity contribution is -0.120. The third kappa shape index (κ3) is 4.90. The predicted octanol–water partition coefficient (Wildman–Crippen LogP) is 3.31. The van der Waals surface area contributed by atoms with Gasteiger partial charge in [-0.05, 0) is 74.9 Å². The van der Waals surface area contributed by atoms with Crippen molar-refractivity contribution < 1.29 is 13.2 Å². The van der Waals surface area contributed by atoms with Gasteiger partial charge in [0.2, 0.25) is 15.9 Å². The highest BCUT2D eigenvalue weighted by Crippen LogP contribution is 2.26. The van der Waals surface area contributed by atoms with E-state index in [0.717, 1.165) is 24.9 Å². The molecule has 0 saturated carbocycles. The maximum Gasteiger partial charge on any atom is 0.243 e. The van der Waals surface area contributed by atoms with E-state index in [1.54, 1.807) is 10.4 Å². The fourth-order valence-electron chi connectivity index (χ4n) is 4.73. The van der Waals surface area contributed by atoms with Gasteiger partial charge in [-0.25, -0.2) is 8.42 Å². The third-order valence-electron chi connectivity index (χ3n) is 6.47. The minimum atomic E-state index is -3.51. The smallest absolute Gasteiger partial charge is 0.243 e. The fourth-order valence-corrected chi connectivity index (χ4v) is 6.21. The Bertz CT molecular complexity index is 1050. The lowest BCUT2D eigenvalue weighted by Crippen LogP contribution is -2.52. The molecule has 0 N–H and O–H groups in total. The molecule has 2 aromatic carbocycles. The third-order valence-corrected chi connectivity index (χ3v) is 8.36. The standard InChI is InChI=1S/C25H33N3O3S/c1-20(2)28(23-10-4-3-5-11-23)25(29)19-26-14-16-27(17-15-26)32(30,31)24-13-12-21-8-6-7-9-22(21)18-24/h3-5,10-13,18,20H,6-9,14-17,19H2,1-2H3. The van der Waals surface area contributed by atoms with Crippen molar-refractivity contribution in [2.75, 3.05) is 37.6 Å². The first-order valence-electron chi connectivity index (χ1n) is 11.6. The second-order valence-electron chi connectivity index (χ2n) is 9.01. The number of amides is 1. The molecule has 1 heterocycles. The molecule has 6 nitrogen and oxygen atoms in total. The lowest BCUT2D eigenvalue weighted by Gasteiger charge is -2.35. The Balaban J connectivity index is 1.39. The summed E-state index contributed by atoms with van der Waals surface area (Å²) in [5.41, 5.74) is 3.35.